The SMILES string of the molecule is C[C@]1(CCc2cc(F)c3cc(Br)c(N)nc3c2)C[C@@H](n2ccc3c(N)ncnc32)[C@H](O)[C@@H]1O. The van der Waals surface area contributed by atoms with E-state index in [1.165, 1.54) is 12.4 Å². The van der Waals surface area contributed by atoms with Gasteiger partial charge in [-0.25, -0.2) is 19.3 Å². The third kappa shape index (κ3) is 3.62. The van der Waals surface area contributed by atoms with Gasteiger partial charge < -0.3 is 26.2 Å². The molecule has 1 aromatic carbocycles. The van der Waals surface area contributed by atoms with Crippen molar-refractivity contribution in [3.63, 3.8) is 0 Å². The van der Waals surface area contributed by atoms with Crippen molar-refractivity contribution in [3.05, 3.63) is 52.6 Å². The number of nitrogens with zero attached hydrogens (tertiary/aromatic N) is 4. The lowest BCUT2D eigenvalue weighted by molar-refractivity contribution is -0.0241. The number of aromatic nitrogens is 4. The molecule has 0 saturated heterocycles. The number of aryl methyl sites for hydroxylation is 1. The highest BCUT2D eigenvalue weighted by atomic mass is 79.9. The summed E-state index contributed by atoms with van der Waals surface area (Å²) in [6.45, 7) is 1.95. The van der Waals surface area contributed by atoms with Gasteiger partial charge >= 0.3 is 0 Å². The molecule has 1 aliphatic rings. The number of hydrogen-bond acceptors (Lipinski definition) is 7. The van der Waals surface area contributed by atoms with E-state index in [1.54, 1.807) is 6.07 Å². The van der Waals surface area contributed by atoms with Gasteiger partial charge in [0, 0.05) is 11.6 Å². The van der Waals surface area contributed by atoms with E-state index in [9.17, 15) is 14.6 Å². The first-order valence-electron chi connectivity index (χ1n) is 10.7. The Hall–Kier alpha value is -2.82. The normalized spacial score (nSPS) is 25.3. The van der Waals surface area contributed by atoms with Crippen molar-refractivity contribution in [2.75, 3.05) is 11.5 Å². The summed E-state index contributed by atoms with van der Waals surface area (Å²) < 4.78 is 17.1. The molecule has 4 atom stereocenters. The third-order valence-corrected chi connectivity index (χ3v) is 7.55. The molecule has 8 nitrogen and oxygen atoms in total. The summed E-state index contributed by atoms with van der Waals surface area (Å²) in [7, 11) is 0. The first kappa shape index (κ1) is 22.0. The lowest BCUT2D eigenvalue weighted by Gasteiger charge is -2.28. The highest BCUT2D eigenvalue weighted by Crippen LogP contribution is 2.48. The monoisotopic (exact) mass is 514 g/mol. The Morgan fingerprint density at radius 3 is 2.76 bits per heavy atom. The number of pyridine rings is 1. The Bertz CT molecular complexity index is 1380. The molecule has 5 rings (SSSR count). The molecular weight excluding hydrogens is 491 g/mol. The first-order chi connectivity index (χ1) is 15.7. The van der Waals surface area contributed by atoms with Gasteiger partial charge in [-0.3, -0.25) is 0 Å². The Morgan fingerprint density at radius 2 is 1.97 bits per heavy atom. The number of aliphatic hydroxyl groups excluding tert-OH is 2. The number of nitrogens with two attached hydrogens (primary N) is 2. The van der Waals surface area contributed by atoms with Crippen LogP contribution in [0.15, 0.2) is 41.3 Å². The van der Waals surface area contributed by atoms with Gasteiger partial charge in [-0.15, -0.1) is 0 Å². The van der Waals surface area contributed by atoms with Crippen LogP contribution in [-0.4, -0.2) is 41.9 Å². The molecule has 10 heteroatoms. The second kappa shape index (κ2) is 7.89. The number of rotatable bonds is 4. The molecule has 0 radical (unpaired) electrons. The summed E-state index contributed by atoms with van der Waals surface area (Å²) in [6.07, 6.45) is 2.86. The maximum Gasteiger partial charge on any atom is 0.145 e. The van der Waals surface area contributed by atoms with Crippen LogP contribution in [0.3, 0.4) is 0 Å². The molecule has 172 valence electrons. The molecule has 3 aromatic heterocycles. The lowest BCUT2D eigenvalue weighted by atomic mass is 9.80. The number of hydrogen-bond donors (Lipinski definition) is 4. The topological polar surface area (TPSA) is 136 Å². The number of benzene rings is 1. The summed E-state index contributed by atoms with van der Waals surface area (Å²) in [5.74, 6) is 0.294. The minimum Gasteiger partial charge on any atom is -0.390 e. The van der Waals surface area contributed by atoms with Crippen molar-refractivity contribution in [2.45, 2.75) is 44.4 Å². The van der Waals surface area contributed by atoms with Crippen LogP contribution in [0.25, 0.3) is 21.9 Å². The average Bonchev–Trinajstić information content (AvgIpc) is 3.30. The van der Waals surface area contributed by atoms with E-state index >= 15 is 0 Å². The van der Waals surface area contributed by atoms with E-state index < -0.39 is 17.6 Å². The van der Waals surface area contributed by atoms with Crippen LogP contribution in [-0.2, 0) is 6.42 Å². The smallest absolute Gasteiger partial charge is 0.145 e. The molecule has 0 unspecified atom stereocenters. The van der Waals surface area contributed by atoms with Crippen LogP contribution in [0.2, 0.25) is 0 Å². The number of anilines is 2. The predicted octanol–water partition coefficient (Wildman–Crippen LogP) is 3.35. The second-order valence-electron chi connectivity index (χ2n) is 9.08. The number of nitrogen functional groups attached to an aromatic ring is 2. The van der Waals surface area contributed by atoms with Gasteiger partial charge in [0.2, 0.25) is 0 Å². The van der Waals surface area contributed by atoms with Crippen molar-refractivity contribution >= 4 is 49.5 Å². The van der Waals surface area contributed by atoms with Gasteiger partial charge in [-0.05, 0) is 70.4 Å². The standard InChI is InChI=1S/C23H24BrFN6O2/c1-23(4-2-11-6-15(25)13-8-14(24)21(27)30-16(13)7-11)9-17(18(32)19(23)33)31-5-3-12-20(26)28-10-29-22(12)31/h3,5-8,10,17-19,32-33H,2,4,9H2,1H3,(H2,27,30)(H2,26,28,29)/t17-,18+,19+,23+/m1/s1. The molecule has 1 aliphatic carbocycles. The van der Waals surface area contributed by atoms with Crippen molar-refractivity contribution in [1.29, 1.82) is 0 Å². The minimum absolute atomic E-state index is 0.298. The fourth-order valence-electron chi connectivity index (χ4n) is 4.96. The zero-order valence-corrected chi connectivity index (χ0v) is 19.5. The lowest BCUT2D eigenvalue weighted by Crippen LogP contribution is -2.35. The molecule has 1 fully saturated rings. The maximum absolute atomic E-state index is 14.7. The van der Waals surface area contributed by atoms with E-state index in [0.29, 0.717) is 57.3 Å². The Kier molecular flexibility index (Phi) is 5.26. The van der Waals surface area contributed by atoms with Crippen LogP contribution in [0.4, 0.5) is 16.0 Å². The molecule has 3 heterocycles. The largest absolute Gasteiger partial charge is 0.390 e. The number of aliphatic hydroxyl groups is 2. The van der Waals surface area contributed by atoms with Crippen molar-refractivity contribution in [1.82, 2.24) is 19.5 Å². The quantitative estimate of drug-likeness (QED) is 0.327. The maximum atomic E-state index is 14.7. The van der Waals surface area contributed by atoms with Crippen LogP contribution < -0.4 is 11.5 Å². The number of fused-ring (bicyclic) bond motifs is 2. The third-order valence-electron chi connectivity index (χ3n) is 6.91. The van der Waals surface area contributed by atoms with E-state index in [0.717, 1.165) is 5.56 Å². The minimum atomic E-state index is -0.978. The molecule has 0 aliphatic heterocycles. The van der Waals surface area contributed by atoms with Crippen LogP contribution >= 0.6 is 15.9 Å². The van der Waals surface area contributed by atoms with Crippen LogP contribution in [0, 0.1) is 11.2 Å². The Labute approximate surface area is 197 Å². The van der Waals surface area contributed by atoms with Crippen molar-refractivity contribution < 1.29 is 14.6 Å². The van der Waals surface area contributed by atoms with Gasteiger partial charge in [-0.2, -0.15) is 0 Å². The van der Waals surface area contributed by atoms with Gasteiger partial charge in [-0.1, -0.05) is 6.92 Å². The van der Waals surface area contributed by atoms with E-state index in [-0.39, 0.29) is 11.9 Å². The van der Waals surface area contributed by atoms with Gasteiger partial charge in [0.15, 0.2) is 0 Å². The highest BCUT2D eigenvalue weighted by molar-refractivity contribution is 9.10. The number of halogens is 2. The molecule has 0 spiro atoms. The van der Waals surface area contributed by atoms with Gasteiger partial charge in [0.25, 0.3) is 0 Å². The molecule has 33 heavy (non-hydrogen) atoms. The van der Waals surface area contributed by atoms with E-state index in [4.69, 9.17) is 11.5 Å². The molecule has 4 aromatic rings. The van der Waals surface area contributed by atoms with Crippen molar-refractivity contribution in [2.24, 2.45) is 5.41 Å². The fraction of sp³-hybridized carbons (Fsp3) is 0.348. The molecule has 0 bridgehead atoms. The molecule has 1 saturated carbocycles. The van der Waals surface area contributed by atoms with Crippen LogP contribution in [0.5, 0.6) is 0 Å². The molecular formula is C23H24BrFN6O2. The Balaban J connectivity index is 1.40. The zero-order chi connectivity index (χ0) is 23.5. The summed E-state index contributed by atoms with van der Waals surface area (Å²) >= 11 is 3.28. The van der Waals surface area contributed by atoms with Crippen molar-refractivity contribution in [3.8, 4) is 0 Å². The van der Waals surface area contributed by atoms with Gasteiger partial charge in [0.1, 0.15) is 35.5 Å². The summed E-state index contributed by atoms with van der Waals surface area (Å²) in [4.78, 5) is 12.6. The summed E-state index contributed by atoms with van der Waals surface area (Å²) in [6, 6.07) is 6.37. The second-order valence-corrected chi connectivity index (χ2v) is 9.93. The van der Waals surface area contributed by atoms with Gasteiger partial charge in [0.05, 0.1) is 27.5 Å². The first-order valence-corrected chi connectivity index (χ1v) is 11.4. The molecule has 0 amide bonds. The average molecular weight is 515 g/mol. The summed E-state index contributed by atoms with van der Waals surface area (Å²) in [5.41, 5.74) is 13.1. The molecule has 6 N–H and O–H groups in total. The Morgan fingerprint density at radius 1 is 1.18 bits per heavy atom. The highest BCUT2D eigenvalue weighted by Gasteiger charge is 2.50. The predicted molar refractivity (Wildman–Crippen MR) is 128 cm³/mol. The van der Waals surface area contributed by atoms with E-state index in [1.807, 2.05) is 29.8 Å². The summed E-state index contributed by atoms with van der Waals surface area (Å²) in [5, 5.41) is 23.0. The van der Waals surface area contributed by atoms with Crippen LogP contribution in [0.1, 0.15) is 31.4 Å². The van der Waals surface area contributed by atoms with E-state index in [2.05, 4.69) is 30.9 Å². The zero-order valence-electron chi connectivity index (χ0n) is 17.9. The fourth-order valence-corrected chi connectivity index (χ4v) is 5.28.